The van der Waals surface area contributed by atoms with Crippen molar-refractivity contribution >= 4 is 15.9 Å². The largest absolute Gasteiger partial charge is 0.497 e. The lowest BCUT2D eigenvalue weighted by Gasteiger charge is -2.21. The van der Waals surface area contributed by atoms with Crippen molar-refractivity contribution in [1.82, 2.24) is 14.9 Å². The van der Waals surface area contributed by atoms with Crippen LogP contribution in [0.2, 0.25) is 0 Å². The van der Waals surface area contributed by atoms with E-state index in [1.165, 1.54) is 16.4 Å². The van der Waals surface area contributed by atoms with E-state index in [0.717, 1.165) is 34.6 Å². The first-order valence-electron chi connectivity index (χ1n) is 9.49. The van der Waals surface area contributed by atoms with Gasteiger partial charge in [0.25, 0.3) is 0 Å². The first-order valence-corrected chi connectivity index (χ1v) is 10.9. The van der Waals surface area contributed by atoms with E-state index in [2.05, 4.69) is 10.6 Å². The van der Waals surface area contributed by atoms with E-state index in [4.69, 9.17) is 4.74 Å². The normalized spacial score (nSPS) is 19.1. The number of sulfonamides is 1. The van der Waals surface area contributed by atoms with E-state index < -0.39 is 21.9 Å². The van der Waals surface area contributed by atoms with Gasteiger partial charge in [0, 0.05) is 26.2 Å². The number of carbonyl (C=O) groups is 1. The second-order valence-electron chi connectivity index (χ2n) is 7.24. The van der Waals surface area contributed by atoms with Crippen molar-refractivity contribution in [2.75, 3.05) is 26.7 Å². The molecule has 30 heavy (non-hydrogen) atoms. The Bertz CT molecular complexity index is 1080. The number of carbonyl (C=O) groups excluding carboxylic acids is 1. The van der Waals surface area contributed by atoms with Crippen molar-refractivity contribution in [3.8, 4) is 5.75 Å². The van der Waals surface area contributed by atoms with Gasteiger partial charge in [0.15, 0.2) is 0 Å². The first kappa shape index (κ1) is 20.5. The second kappa shape index (κ2) is 8.17. The van der Waals surface area contributed by atoms with E-state index in [-0.39, 0.29) is 23.9 Å². The SMILES string of the molecule is COc1ccc(CNC(=O)C2NCC3=C2CN(S(=O)(=O)c2ccc(F)cc2)C3)cc1. The third-order valence-electron chi connectivity index (χ3n) is 5.38. The van der Waals surface area contributed by atoms with Crippen LogP contribution in [-0.4, -0.2) is 51.4 Å². The number of halogens is 1. The fraction of sp³-hybridized carbons (Fsp3) is 0.286. The number of hydrogen-bond donors (Lipinski definition) is 2. The number of rotatable bonds is 6. The quantitative estimate of drug-likeness (QED) is 0.676. The van der Waals surface area contributed by atoms with Gasteiger partial charge in [-0.15, -0.1) is 0 Å². The van der Waals surface area contributed by atoms with Crippen molar-refractivity contribution in [1.29, 1.82) is 0 Å². The summed E-state index contributed by atoms with van der Waals surface area (Å²) in [5.74, 6) is 0.0522. The molecule has 2 heterocycles. The fourth-order valence-corrected chi connectivity index (χ4v) is 5.11. The Hall–Kier alpha value is -2.75. The fourth-order valence-electron chi connectivity index (χ4n) is 3.70. The zero-order chi connectivity index (χ0) is 21.3. The summed E-state index contributed by atoms with van der Waals surface area (Å²) >= 11 is 0. The molecular formula is C21H22FN3O4S. The van der Waals surface area contributed by atoms with Gasteiger partial charge in [0.05, 0.1) is 12.0 Å². The Morgan fingerprint density at radius 3 is 2.53 bits per heavy atom. The Morgan fingerprint density at radius 1 is 1.17 bits per heavy atom. The minimum absolute atomic E-state index is 0.0403. The van der Waals surface area contributed by atoms with E-state index in [1.54, 1.807) is 7.11 Å². The molecule has 1 atom stereocenters. The lowest BCUT2D eigenvalue weighted by atomic mass is 10.1. The summed E-state index contributed by atoms with van der Waals surface area (Å²) in [5.41, 5.74) is 2.63. The van der Waals surface area contributed by atoms with Crippen molar-refractivity contribution < 1.29 is 22.3 Å². The van der Waals surface area contributed by atoms with Gasteiger partial charge >= 0.3 is 0 Å². The van der Waals surface area contributed by atoms with Gasteiger partial charge in [-0.1, -0.05) is 12.1 Å². The van der Waals surface area contributed by atoms with Crippen LogP contribution in [0.3, 0.4) is 0 Å². The third-order valence-corrected chi connectivity index (χ3v) is 7.18. The topological polar surface area (TPSA) is 87.7 Å². The summed E-state index contributed by atoms with van der Waals surface area (Å²) in [4.78, 5) is 12.7. The maximum absolute atomic E-state index is 13.1. The van der Waals surface area contributed by atoms with Crippen molar-refractivity contribution in [3.63, 3.8) is 0 Å². The van der Waals surface area contributed by atoms with Gasteiger partial charge in [0.1, 0.15) is 17.6 Å². The first-order chi connectivity index (χ1) is 14.4. The Kier molecular flexibility index (Phi) is 5.59. The molecule has 7 nitrogen and oxygen atoms in total. The van der Waals surface area contributed by atoms with E-state index in [9.17, 15) is 17.6 Å². The predicted molar refractivity (Wildman–Crippen MR) is 109 cm³/mol. The number of ether oxygens (including phenoxy) is 1. The number of nitrogens with zero attached hydrogens (tertiary/aromatic N) is 1. The van der Waals surface area contributed by atoms with Crippen molar-refractivity contribution in [3.05, 3.63) is 71.1 Å². The molecule has 2 N–H and O–H groups in total. The van der Waals surface area contributed by atoms with Gasteiger partial charge in [-0.05, 0) is 53.1 Å². The van der Waals surface area contributed by atoms with Crippen LogP contribution >= 0.6 is 0 Å². The van der Waals surface area contributed by atoms with Gasteiger partial charge < -0.3 is 10.1 Å². The lowest BCUT2D eigenvalue weighted by molar-refractivity contribution is -0.122. The summed E-state index contributed by atoms with van der Waals surface area (Å²) in [6.07, 6.45) is 0. The molecule has 0 saturated heterocycles. The minimum Gasteiger partial charge on any atom is -0.497 e. The molecule has 2 aliphatic rings. The van der Waals surface area contributed by atoms with Gasteiger partial charge in [0.2, 0.25) is 15.9 Å². The number of hydrogen-bond acceptors (Lipinski definition) is 5. The molecule has 4 rings (SSSR count). The second-order valence-corrected chi connectivity index (χ2v) is 9.17. The average molecular weight is 431 g/mol. The highest BCUT2D eigenvalue weighted by atomic mass is 32.2. The molecule has 9 heteroatoms. The van der Waals surface area contributed by atoms with Crippen LogP contribution in [-0.2, 0) is 21.4 Å². The molecule has 1 unspecified atom stereocenters. The molecule has 2 aromatic carbocycles. The lowest BCUT2D eigenvalue weighted by Crippen LogP contribution is -2.44. The van der Waals surface area contributed by atoms with Crippen LogP contribution in [0.4, 0.5) is 4.39 Å². The number of nitrogens with one attached hydrogen (secondary N) is 2. The number of benzene rings is 2. The molecule has 1 amide bonds. The molecule has 0 fully saturated rings. The Morgan fingerprint density at radius 2 is 1.87 bits per heavy atom. The van der Waals surface area contributed by atoms with Crippen LogP contribution in [0, 0.1) is 5.82 Å². The maximum Gasteiger partial charge on any atom is 0.243 e. The highest BCUT2D eigenvalue weighted by Gasteiger charge is 2.40. The van der Waals surface area contributed by atoms with Crippen LogP contribution in [0.15, 0.2) is 64.6 Å². The van der Waals surface area contributed by atoms with Crippen LogP contribution in [0.5, 0.6) is 5.75 Å². The molecule has 0 bridgehead atoms. The molecule has 0 spiro atoms. The van der Waals surface area contributed by atoms with Gasteiger partial charge in [-0.2, -0.15) is 4.31 Å². The molecule has 158 valence electrons. The van der Waals surface area contributed by atoms with E-state index in [1.807, 2.05) is 24.3 Å². The van der Waals surface area contributed by atoms with E-state index in [0.29, 0.717) is 13.1 Å². The molecule has 0 aliphatic carbocycles. The third kappa shape index (κ3) is 3.96. The highest BCUT2D eigenvalue weighted by molar-refractivity contribution is 7.89. The summed E-state index contributed by atoms with van der Waals surface area (Å²) in [6, 6.07) is 11.6. The molecule has 0 saturated carbocycles. The minimum atomic E-state index is -3.75. The number of amides is 1. The molecule has 0 aromatic heterocycles. The van der Waals surface area contributed by atoms with Gasteiger partial charge in [-0.3, -0.25) is 10.1 Å². The predicted octanol–water partition coefficient (Wildman–Crippen LogP) is 1.42. The summed E-state index contributed by atoms with van der Waals surface area (Å²) in [7, 11) is -2.16. The molecule has 2 aromatic rings. The summed E-state index contributed by atoms with van der Waals surface area (Å²) in [5, 5.41) is 6.05. The maximum atomic E-state index is 13.1. The van der Waals surface area contributed by atoms with Crippen molar-refractivity contribution in [2.45, 2.75) is 17.5 Å². The Balaban J connectivity index is 1.40. The van der Waals surface area contributed by atoms with Crippen molar-refractivity contribution in [2.24, 2.45) is 0 Å². The van der Waals surface area contributed by atoms with Crippen LogP contribution < -0.4 is 15.4 Å². The summed E-state index contributed by atoms with van der Waals surface area (Å²) < 4.78 is 45.3. The average Bonchev–Trinajstić information content (AvgIpc) is 3.34. The van der Waals surface area contributed by atoms with Gasteiger partial charge in [-0.25, -0.2) is 12.8 Å². The Labute approximate surface area is 174 Å². The number of methoxy groups -OCH3 is 1. The van der Waals surface area contributed by atoms with Crippen LogP contribution in [0.1, 0.15) is 5.56 Å². The monoisotopic (exact) mass is 431 g/mol. The molecular weight excluding hydrogens is 409 g/mol. The molecule has 2 aliphatic heterocycles. The zero-order valence-corrected chi connectivity index (χ0v) is 17.2. The van der Waals surface area contributed by atoms with E-state index >= 15 is 0 Å². The van der Waals surface area contributed by atoms with Crippen LogP contribution in [0.25, 0.3) is 0 Å². The highest BCUT2D eigenvalue weighted by Crippen LogP contribution is 2.29. The standard InChI is InChI=1S/C21H22FN3O4S/c1-29-17-6-2-14(3-7-17)10-24-21(26)20-19-13-25(12-15(19)11-23-20)30(27,28)18-8-4-16(22)5-9-18/h2-9,20,23H,10-13H2,1H3,(H,24,26). The molecule has 0 radical (unpaired) electrons. The smallest absolute Gasteiger partial charge is 0.243 e. The zero-order valence-electron chi connectivity index (χ0n) is 16.4. The summed E-state index contributed by atoms with van der Waals surface area (Å²) in [6.45, 7) is 1.19.